The van der Waals surface area contributed by atoms with Crippen LogP contribution in [0.3, 0.4) is 0 Å². The summed E-state index contributed by atoms with van der Waals surface area (Å²) in [7, 11) is 1.64. The van der Waals surface area contributed by atoms with Gasteiger partial charge in [-0.15, -0.1) is 0 Å². The maximum atomic E-state index is 11.5. The molecule has 0 aliphatic rings. The van der Waals surface area contributed by atoms with Gasteiger partial charge in [-0.1, -0.05) is 12.1 Å². The first-order valence-corrected chi connectivity index (χ1v) is 6.78. The fourth-order valence-electron chi connectivity index (χ4n) is 2.36. The number of carbonyl (C=O) groups excluding carboxylic acids is 1. The van der Waals surface area contributed by atoms with Crippen molar-refractivity contribution in [1.82, 2.24) is 20.3 Å². The first-order valence-electron chi connectivity index (χ1n) is 6.78. The Morgan fingerprint density at radius 1 is 1.33 bits per heavy atom. The molecule has 2 heterocycles. The zero-order valence-corrected chi connectivity index (χ0v) is 12.0. The molecule has 0 bridgehead atoms. The minimum atomic E-state index is -0.00624. The number of fused-ring (bicyclic) bond motifs is 1. The highest BCUT2D eigenvalue weighted by molar-refractivity contribution is 5.86. The Kier molecular flexibility index (Phi) is 3.39. The fourth-order valence-corrected chi connectivity index (χ4v) is 2.36. The molecule has 3 rings (SSSR count). The van der Waals surface area contributed by atoms with E-state index in [4.69, 9.17) is 0 Å². The van der Waals surface area contributed by atoms with E-state index in [0.29, 0.717) is 6.42 Å². The van der Waals surface area contributed by atoms with E-state index >= 15 is 0 Å². The van der Waals surface area contributed by atoms with Crippen LogP contribution in [0, 0.1) is 6.92 Å². The van der Waals surface area contributed by atoms with Crippen molar-refractivity contribution in [2.24, 2.45) is 0 Å². The van der Waals surface area contributed by atoms with E-state index in [1.807, 2.05) is 24.3 Å². The van der Waals surface area contributed by atoms with Crippen LogP contribution in [0.1, 0.15) is 11.1 Å². The monoisotopic (exact) mass is 280 g/mol. The molecule has 21 heavy (non-hydrogen) atoms. The number of pyridine rings is 1. The lowest BCUT2D eigenvalue weighted by molar-refractivity contribution is -0.119. The van der Waals surface area contributed by atoms with Crippen molar-refractivity contribution in [2.45, 2.75) is 13.3 Å². The number of hydrogen-bond donors (Lipinski definition) is 2. The molecule has 3 aromatic rings. The first kappa shape index (κ1) is 13.3. The molecule has 5 nitrogen and oxygen atoms in total. The number of rotatable bonds is 3. The standard InChI is InChI=1S/C16H16N4O/c1-10-7-14(16-18-5-6-19-16)20-13-8-11(3-4-12(10)13)9-15(21)17-2/h3-8H,9H2,1-2H3,(H,17,21)(H,18,19). The second-order valence-corrected chi connectivity index (χ2v) is 4.96. The van der Waals surface area contributed by atoms with E-state index in [9.17, 15) is 4.79 Å². The summed E-state index contributed by atoms with van der Waals surface area (Å²) >= 11 is 0. The molecule has 0 saturated heterocycles. The topological polar surface area (TPSA) is 70.7 Å². The summed E-state index contributed by atoms with van der Waals surface area (Å²) in [5.41, 5.74) is 3.77. The van der Waals surface area contributed by atoms with Crippen molar-refractivity contribution in [2.75, 3.05) is 7.05 Å². The summed E-state index contributed by atoms with van der Waals surface area (Å²) in [5, 5.41) is 3.72. The number of H-pyrrole nitrogens is 1. The van der Waals surface area contributed by atoms with Crippen LogP contribution >= 0.6 is 0 Å². The first-order chi connectivity index (χ1) is 10.2. The minimum absolute atomic E-state index is 0.00624. The third-order valence-electron chi connectivity index (χ3n) is 3.47. The number of aromatic amines is 1. The average molecular weight is 280 g/mol. The highest BCUT2D eigenvalue weighted by Gasteiger charge is 2.08. The van der Waals surface area contributed by atoms with Crippen LogP contribution < -0.4 is 5.32 Å². The molecular weight excluding hydrogens is 264 g/mol. The predicted molar refractivity (Wildman–Crippen MR) is 81.8 cm³/mol. The molecule has 2 N–H and O–H groups in total. The Balaban J connectivity index is 2.08. The van der Waals surface area contributed by atoms with Gasteiger partial charge in [-0.05, 0) is 30.2 Å². The lowest BCUT2D eigenvalue weighted by Gasteiger charge is -2.07. The summed E-state index contributed by atoms with van der Waals surface area (Å²) in [4.78, 5) is 23.4. The zero-order chi connectivity index (χ0) is 14.8. The molecule has 0 aliphatic carbocycles. The number of nitrogens with zero attached hydrogens (tertiary/aromatic N) is 2. The van der Waals surface area contributed by atoms with E-state index in [-0.39, 0.29) is 5.91 Å². The molecule has 0 fully saturated rings. The van der Waals surface area contributed by atoms with Crippen molar-refractivity contribution in [3.8, 4) is 11.5 Å². The summed E-state index contributed by atoms with van der Waals surface area (Å²) in [5.74, 6) is 0.741. The van der Waals surface area contributed by atoms with Gasteiger partial charge in [-0.3, -0.25) is 4.79 Å². The van der Waals surface area contributed by atoms with E-state index in [1.165, 1.54) is 0 Å². The molecule has 1 amide bonds. The fraction of sp³-hybridized carbons (Fsp3) is 0.188. The molecular formula is C16H16N4O. The van der Waals surface area contributed by atoms with Crippen LogP contribution in [0.25, 0.3) is 22.4 Å². The number of likely N-dealkylation sites (N-methyl/N-ethyl adjacent to an activating group) is 1. The molecule has 0 saturated carbocycles. The normalized spacial score (nSPS) is 10.8. The number of amides is 1. The lowest BCUT2D eigenvalue weighted by Crippen LogP contribution is -2.19. The van der Waals surface area contributed by atoms with Gasteiger partial charge in [0.25, 0.3) is 0 Å². The number of hydrogen-bond acceptors (Lipinski definition) is 3. The quantitative estimate of drug-likeness (QED) is 0.773. The lowest BCUT2D eigenvalue weighted by atomic mass is 10.0. The van der Waals surface area contributed by atoms with Crippen LogP contribution in [0.2, 0.25) is 0 Å². The highest BCUT2D eigenvalue weighted by atomic mass is 16.1. The molecule has 2 aromatic heterocycles. The van der Waals surface area contributed by atoms with Gasteiger partial charge in [-0.25, -0.2) is 9.97 Å². The Labute approximate surface area is 122 Å². The largest absolute Gasteiger partial charge is 0.359 e. The van der Waals surface area contributed by atoms with Crippen molar-refractivity contribution in [3.63, 3.8) is 0 Å². The van der Waals surface area contributed by atoms with Gasteiger partial charge in [0, 0.05) is 24.8 Å². The van der Waals surface area contributed by atoms with E-state index in [1.54, 1.807) is 19.4 Å². The summed E-state index contributed by atoms with van der Waals surface area (Å²) < 4.78 is 0. The number of carbonyl (C=O) groups is 1. The number of benzene rings is 1. The predicted octanol–water partition coefficient (Wildman–Crippen LogP) is 2.22. The zero-order valence-electron chi connectivity index (χ0n) is 12.0. The van der Waals surface area contributed by atoms with Crippen molar-refractivity contribution >= 4 is 16.8 Å². The van der Waals surface area contributed by atoms with E-state index in [2.05, 4.69) is 27.2 Å². The molecule has 0 spiro atoms. The molecule has 1 aromatic carbocycles. The van der Waals surface area contributed by atoms with Gasteiger partial charge in [0.1, 0.15) is 5.69 Å². The molecule has 0 unspecified atom stereocenters. The summed E-state index contributed by atoms with van der Waals surface area (Å²) in [6.45, 7) is 2.05. The van der Waals surface area contributed by atoms with Gasteiger partial charge in [0.05, 0.1) is 11.9 Å². The Hall–Kier alpha value is -2.69. The van der Waals surface area contributed by atoms with Gasteiger partial charge < -0.3 is 10.3 Å². The molecule has 0 aliphatic heterocycles. The molecule has 0 radical (unpaired) electrons. The summed E-state index contributed by atoms with van der Waals surface area (Å²) in [6, 6.07) is 7.96. The highest BCUT2D eigenvalue weighted by Crippen LogP contribution is 2.23. The van der Waals surface area contributed by atoms with Crippen LogP contribution in [-0.4, -0.2) is 27.9 Å². The third kappa shape index (κ3) is 2.63. The maximum Gasteiger partial charge on any atom is 0.224 e. The van der Waals surface area contributed by atoms with Crippen LogP contribution in [0.4, 0.5) is 0 Å². The van der Waals surface area contributed by atoms with Gasteiger partial charge in [0.15, 0.2) is 5.82 Å². The number of aryl methyl sites for hydroxylation is 1. The number of aromatic nitrogens is 3. The Morgan fingerprint density at radius 2 is 2.19 bits per heavy atom. The smallest absolute Gasteiger partial charge is 0.224 e. The summed E-state index contributed by atoms with van der Waals surface area (Å²) in [6.07, 6.45) is 3.84. The average Bonchev–Trinajstić information content (AvgIpc) is 3.01. The van der Waals surface area contributed by atoms with E-state index in [0.717, 1.165) is 33.5 Å². The number of nitrogens with one attached hydrogen (secondary N) is 2. The molecule has 0 atom stereocenters. The molecule has 5 heteroatoms. The van der Waals surface area contributed by atoms with Crippen LogP contribution in [0.15, 0.2) is 36.7 Å². The second kappa shape index (κ2) is 5.36. The third-order valence-corrected chi connectivity index (χ3v) is 3.47. The Bertz CT molecular complexity index is 793. The van der Waals surface area contributed by atoms with Crippen molar-refractivity contribution in [3.05, 3.63) is 47.8 Å². The van der Waals surface area contributed by atoms with E-state index < -0.39 is 0 Å². The minimum Gasteiger partial charge on any atom is -0.359 e. The number of imidazole rings is 1. The van der Waals surface area contributed by atoms with Gasteiger partial charge in [-0.2, -0.15) is 0 Å². The van der Waals surface area contributed by atoms with Crippen LogP contribution in [-0.2, 0) is 11.2 Å². The second-order valence-electron chi connectivity index (χ2n) is 4.96. The van der Waals surface area contributed by atoms with Crippen molar-refractivity contribution < 1.29 is 4.79 Å². The SMILES string of the molecule is CNC(=O)Cc1ccc2c(C)cc(-c3ncc[nH]3)nc2c1. The van der Waals surface area contributed by atoms with Gasteiger partial charge >= 0.3 is 0 Å². The van der Waals surface area contributed by atoms with Crippen LogP contribution in [0.5, 0.6) is 0 Å². The maximum absolute atomic E-state index is 11.5. The molecule has 106 valence electrons. The van der Waals surface area contributed by atoms with Gasteiger partial charge in [0.2, 0.25) is 5.91 Å². The van der Waals surface area contributed by atoms with Crippen molar-refractivity contribution in [1.29, 1.82) is 0 Å². The Morgan fingerprint density at radius 3 is 2.90 bits per heavy atom.